The Morgan fingerprint density at radius 3 is 2.94 bits per heavy atom. The molecule has 0 amide bonds. The fourth-order valence-corrected chi connectivity index (χ4v) is 2.13. The highest BCUT2D eigenvalue weighted by Crippen LogP contribution is 2.23. The van der Waals surface area contributed by atoms with Gasteiger partial charge >= 0.3 is 0 Å². The van der Waals surface area contributed by atoms with Crippen LogP contribution in [0.5, 0.6) is 0 Å². The summed E-state index contributed by atoms with van der Waals surface area (Å²) in [6.07, 6.45) is 7.58. The van der Waals surface area contributed by atoms with E-state index in [0.717, 1.165) is 18.6 Å². The molecule has 17 heavy (non-hydrogen) atoms. The van der Waals surface area contributed by atoms with E-state index in [4.69, 9.17) is 4.42 Å². The smallest absolute Gasteiger partial charge is 0.108 e. The summed E-state index contributed by atoms with van der Waals surface area (Å²) in [4.78, 5) is 0. The third-order valence-corrected chi connectivity index (χ3v) is 3.02. The van der Waals surface area contributed by atoms with Gasteiger partial charge in [-0.05, 0) is 25.1 Å². The second-order valence-corrected chi connectivity index (χ2v) is 4.22. The van der Waals surface area contributed by atoms with Crippen molar-refractivity contribution in [2.24, 2.45) is 7.05 Å². The summed E-state index contributed by atoms with van der Waals surface area (Å²) < 4.78 is 7.31. The molecule has 4 heteroatoms. The number of aromatic nitrogens is 2. The van der Waals surface area contributed by atoms with Crippen LogP contribution in [0.25, 0.3) is 0 Å². The summed E-state index contributed by atoms with van der Waals surface area (Å²) >= 11 is 0. The van der Waals surface area contributed by atoms with Gasteiger partial charge in [0, 0.05) is 31.3 Å². The van der Waals surface area contributed by atoms with Gasteiger partial charge in [-0.25, -0.2) is 0 Å². The van der Waals surface area contributed by atoms with Crippen LogP contribution in [0.3, 0.4) is 0 Å². The third-order valence-electron chi connectivity index (χ3n) is 3.02. The number of likely N-dealkylation sites (N-methyl/N-ethyl adjacent to an activating group) is 1. The minimum atomic E-state index is 0.285. The van der Waals surface area contributed by atoms with E-state index in [0.29, 0.717) is 0 Å². The lowest BCUT2D eigenvalue weighted by Gasteiger charge is -2.15. The van der Waals surface area contributed by atoms with Crippen LogP contribution >= 0.6 is 0 Å². The Balaban J connectivity index is 2.16. The Labute approximate surface area is 102 Å². The van der Waals surface area contributed by atoms with E-state index in [1.54, 1.807) is 6.26 Å². The Bertz CT molecular complexity index is 472. The summed E-state index contributed by atoms with van der Waals surface area (Å²) in [5, 5.41) is 7.53. The maximum absolute atomic E-state index is 5.48. The van der Waals surface area contributed by atoms with Crippen LogP contribution in [0.4, 0.5) is 0 Å². The first-order chi connectivity index (χ1) is 8.24. The number of aryl methyl sites for hydroxylation is 2. The van der Waals surface area contributed by atoms with E-state index in [-0.39, 0.29) is 6.04 Å². The molecular weight excluding hydrogens is 214 g/mol. The van der Waals surface area contributed by atoms with Crippen LogP contribution < -0.4 is 5.32 Å². The Kier molecular flexibility index (Phi) is 3.64. The molecule has 0 fully saturated rings. The predicted molar refractivity (Wildman–Crippen MR) is 66.8 cm³/mol. The highest BCUT2D eigenvalue weighted by atomic mass is 16.3. The standard InChI is InChI=1S/C13H19N3O/c1-4-13-11(5-6-17-13)12(14-2)7-10-8-15-16(3)9-10/h5-6,8-9,12,14H,4,7H2,1-3H3. The van der Waals surface area contributed by atoms with Gasteiger partial charge < -0.3 is 9.73 Å². The molecule has 2 heterocycles. The molecule has 4 nitrogen and oxygen atoms in total. The number of nitrogens with zero attached hydrogens (tertiary/aromatic N) is 2. The quantitative estimate of drug-likeness (QED) is 0.859. The molecule has 0 bridgehead atoms. The zero-order chi connectivity index (χ0) is 12.3. The van der Waals surface area contributed by atoms with Crippen LogP contribution in [-0.4, -0.2) is 16.8 Å². The van der Waals surface area contributed by atoms with Gasteiger partial charge in [0.1, 0.15) is 5.76 Å². The van der Waals surface area contributed by atoms with Crippen molar-refractivity contribution in [3.8, 4) is 0 Å². The summed E-state index contributed by atoms with van der Waals surface area (Å²) in [5.41, 5.74) is 2.48. The third kappa shape index (κ3) is 2.58. The molecule has 2 aromatic heterocycles. The number of nitrogens with one attached hydrogen (secondary N) is 1. The number of rotatable bonds is 5. The van der Waals surface area contributed by atoms with Crippen LogP contribution in [-0.2, 0) is 19.9 Å². The van der Waals surface area contributed by atoms with E-state index in [1.807, 2.05) is 25.0 Å². The molecule has 0 aliphatic carbocycles. The molecule has 0 saturated carbocycles. The minimum absolute atomic E-state index is 0.285. The zero-order valence-electron chi connectivity index (χ0n) is 10.6. The molecule has 0 aliphatic rings. The molecule has 0 aromatic carbocycles. The number of hydrogen-bond donors (Lipinski definition) is 1. The van der Waals surface area contributed by atoms with Crippen LogP contribution in [0.1, 0.15) is 29.9 Å². The van der Waals surface area contributed by atoms with Gasteiger partial charge in [0.15, 0.2) is 0 Å². The lowest BCUT2D eigenvalue weighted by molar-refractivity contribution is 0.495. The van der Waals surface area contributed by atoms with Crippen molar-refractivity contribution in [3.63, 3.8) is 0 Å². The minimum Gasteiger partial charge on any atom is -0.469 e. The first-order valence-corrected chi connectivity index (χ1v) is 5.95. The monoisotopic (exact) mass is 233 g/mol. The Morgan fingerprint density at radius 1 is 1.53 bits per heavy atom. The van der Waals surface area contributed by atoms with Gasteiger partial charge in [0.05, 0.1) is 12.5 Å². The molecule has 1 atom stereocenters. The molecule has 1 N–H and O–H groups in total. The normalized spacial score (nSPS) is 12.9. The van der Waals surface area contributed by atoms with Crippen LogP contribution in [0, 0.1) is 0 Å². The maximum Gasteiger partial charge on any atom is 0.108 e. The predicted octanol–water partition coefficient (Wildman–Crippen LogP) is 2.08. The molecule has 2 aromatic rings. The Hall–Kier alpha value is -1.55. The highest BCUT2D eigenvalue weighted by molar-refractivity contribution is 5.24. The molecule has 0 spiro atoms. The van der Waals surface area contributed by atoms with Gasteiger partial charge in [-0.3, -0.25) is 4.68 Å². The summed E-state index contributed by atoms with van der Waals surface area (Å²) in [6.45, 7) is 2.11. The fraction of sp³-hybridized carbons (Fsp3) is 0.462. The highest BCUT2D eigenvalue weighted by Gasteiger charge is 2.16. The lowest BCUT2D eigenvalue weighted by Crippen LogP contribution is -2.19. The van der Waals surface area contributed by atoms with E-state index in [2.05, 4.69) is 29.6 Å². The summed E-state index contributed by atoms with van der Waals surface area (Å²) in [6, 6.07) is 2.34. The molecular formula is C13H19N3O. The number of furan rings is 1. The molecule has 92 valence electrons. The van der Waals surface area contributed by atoms with Crippen molar-refractivity contribution in [2.45, 2.75) is 25.8 Å². The van der Waals surface area contributed by atoms with E-state index >= 15 is 0 Å². The van der Waals surface area contributed by atoms with Crippen molar-refractivity contribution < 1.29 is 4.42 Å². The van der Waals surface area contributed by atoms with Crippen LogP contribution in [0.2, 0.25) is 0 Å². The zero-order valence-corrected chi connectivity index (χ0v) is 10.6. The average molecular weight is 233 g/mol. The van der Waals surface area contributed by atoms with Crippen molar-refractivity contribution in [2.75, 3.05) is 7.05 Å². The van der Waals surface area contributed by atoms with E-state index < -0.39 is 0 Å². The maximum atomic E-state index is 5.48. The van der Waals surface area contributed by atoms with Crippen molar-refractivity contribution in [3.05, 3.63) is 41.6 Å². The second kappa shape index (κ2) is 5.19. The van der Waals surface area contributed by atoms with Gasteiger partial charge in [0.25, 0.3) is 0 Å². The van der Waals surface area contributed by atoms with Crippen molar-refractivity contribution in [1.82, 2.24) is 15.1 Å². The van der Waals surface area contributed by atoms with Gasteiger partial charge in [0.2, 0.25) is 0 Å². The van der Waals surface area contributed by atoms with Crippen LogP contribution in [0.15, 0.2) is 29.1 Å². The molecule has 2 rings (SSSR count). The van der Waals surface area contributed by atoms with Crippen molar-refractivity contribution in [1.29, 1.82) is 0 Å². The van der Waals surface area contributed by atoms with Crippen molar-refractivity contribution >= 4 is 0 Å². The van der Waals surface area contributed by atoms with E-state index in [9.17, 15) is 0 Å². The summed E-state index contributed by atoms with van der Waals surface area (Å²) in [7, 11) is 3.92. The second-order valence-electron chi connectivity index (χ2n) is 4.22. The largest absolute Gasteiger partial charge is 0.469 e. The van der Waals surface area contributed by atoms with E-state index in [1.165, 1.54) is 11.1 Å². The molecule has 0 radical (unpaired) electrons. The molecule has 0 aliphatic heterocycles. The topological polar surface area (TPSA) is 43.0 Å². The van der Waals surface area contributed by atoms with Gasteiger partial charge in [-0.1, -0.05) is 6.92 Å². The summed E-state index contributed by atoms with van der Waals surface area (Å²) in [5.74, 6) is 1.06. The SMILES string of the molecule is CCc1occc1C(Cc1cnn(C)c1)NC. The first-order valence-electron chi connectivity index (χ1n) is 5.95. The molecule has 1 unspecified atom stereocenters. The first kappa shape index (κ1) is 11.9. The van der Waals surface area contributed by atoms with Gasteiger partial charge in [-0.15, -0.1) is 0 Å². The Morgan fingerprint density at radius 2 is 2.35 bits per heavy atom. The average Bonchev–Trinajstić information content (AvgIpc) is 2.94. The lowest BCUT2D eigenvalue weighted by atomic mass is 10.0. The van der Waals surface area contributed by atoms with Gasteiger partial charge in [-0.2, -0.15) is 5.10 Å². The fourth-order valence-electron chi connectivity index (χ4n) is 2.13. The number of hydrogen-bond acceptors (Lipinski definition) is 3. The molecule has 0 saturated heterocycles.